The molecule has 0 saturated carbocycles. The summed E-state index contributed by atoms with van der Waals surface area (Å²) >= 11 is 0. The summed E-state index contributed by atoms with van der Waals surface area (Å²) in [6, 6.07) is 11.9. The molecule has 0 radical (unpaired) electrons. The molecule has 1 aromatic carbocycles. The van der Waals surface area contributed by atoms with Crippen molar-refractivity contribution < 1.29 is 4.74 Å². The van der Waals surface area contributed by atoms with E-state index in [0.29, 0.717) is 17.9 Å². The molecule has 1 aliphatic heterocycles. The Labute approximate surface area is 100 Å². The summed E-state index contributed by atoms with van der Waals surface area (Å²) < 4.78 is 5.17. The second-order valence-corrected chi connectivity index (χ2v) is 3.48. The second kappa shape index (κ2) is 5.13. The lowest BCUT2D eigenvalue weighted by molar-refractivity contribution is 0.266. The maximum absolute atomic E-state index is 9.18. The maximum atomic E-state index is 9.18. The predicted molar refractivity (Wildman–Crippen MR) is 67.2 cm³/mol. The van der Waals surface area contributed by atoms with E-state index in [1.807, 2.05) is 37.3 Å². The van der Waals surface area contributed by atoms with Crippen molar-refractivity contribution in [3.63, 3.8) is 0 Å². The number of aliphatic imine (C=N–C) groups is 1. The average molecular weight is 224 g/mol. The van der Waals surface area contributed by atoms with Crippen molar-refractivity contribution in [1.29, 1.82) is 5.26 Å². The van der Waals surface area contributed by atoms with Crippen molar-refractivity contribution in [2.24, 2.45) is 4.99 Å². The Morgan fingerprint density at radius 3 is 2.76 bits per heavy atom. The van der Waals surface area contributed by atoms with Crippen molar-refractivity contribution in [2.45, 2.75) is 6.92 Å². The lowest BCUT2D eigenvalue weighted by Crippen LogP contribution is -1.88. The van der Waals surface area contributed by atoms with Gasteiger partial charge in [0.2, 0.25) is 0 Å². The number of ether oxygens (including phenoxy) is 1. The van der Waals surface area contributed by atoms with Gasteiger partial charge in [0.25, 0.3) is 0 Å². The molecule has 0 bridgehead atoms. The fourth-order valence-corrected chi connectivity index (χ4v) is 1.61. The number of nitriles is 1. The van der Waals surface area contributed by atoms with Gasteiger partial charge in [-0.3, -0.25) is 4.99 Å². The van der Waals surface area contributed by atoms with Crippen LogP contribution in [0.2, 0.25) is 0 Å². The van der Waals surface area contributed by atoms with Crippen LogP contribution in [0, 0.1) is 11.3 Å². The Kier molecular flexibility index (Phi) is 3.37. The van der Waals surface area contributed by atoms with Gasteiger partial charge in [-0.25, -0.2) is 0 Å². The third kappa shape index (κ3) is 2.26. The van der Waals surface area contributed by atoms with E-state index in [1.165, 1.54) is 6.26 Å². The standard InChI is InChI=1S/C14H12N2O/c1-2-17-10-14-12(8-15)13(9-16-14)11-6-4-3-5-7-11/h3-7,9-10H,2H2,1H3/b14-10-. The van der Waals surface area contributed by atoms with Crippen LogP contribution < -0.4 is 0 Å². The van der Waals surface area contributed by atoms with Gasteiger partial charge in [-0.15, -0.1) is 0 Å². The van der Waals surface area contributed by atoms with Crippen molar-refractivity contribution in [1.82, 2.24) is 0 Å². The molecule has 17 heavy (non-hydrogen) atoms. The summed E-state index contributed by atoms with van der Waals surface area (Å²) in [4.78, 5) is 4.20. The molecule has 84 valence electrons. The number of nitrogens with zero attached hydrogens (tertiary/aromatic N) is 2. The van der Waals surface area contributed by atoms with Crippen LogP contribution >= 0.6 is 0 Å². The molecule has 2 rings (SSSR count). The fraction of sp³-hybridized carbons (Fsp3) is 0.143. The molecular weight excluding hydrogens is 212 g/mol. The molecule has 0 N–H and O–H groups in total. The Morgan fingerprint density at radius 1 is 1.35 bits per heavy atom. The number of benzene rings is 1. The third-order valence-electron chi connectivity index (χ3n) is 2.42. The van der Waals surface area contributed by atoms with Crippen molar-refractivity contribution >= 4 is 11.8 Å². The van der Waals surface area contributed by atoms with Crippen molar-refractivity contribution in [3.05, 3.63) is 53.4 Å². The Hall–Kier alpha value is -2.34. The zero-order chi connectivity index (χ0) is 12.1. The molecule has 0 fully saturated rings. The van der Waals surface area contributed by atoms with E-state index >= 15 is 0 Å². The first-order valence-corrected chi connectivity index (χ1v) is 5.42. The predicted octanol–water partition coefficient (Wildman–Crippen LogP) is 2.93. The van der Waals surface area contributed by atoms with Crippen molar-refractivity contribution in [3.8, 4) is 6.07 Å². The second-order valence-electron chi connectivity index (χ2n) is 3.48. The monoisotopic (exact) mass is 224 g/mol. The van der Waals surface area contributed by atoms with Gasteiger partial charge in [0.15, 0.2) is 0 Å². The number of hydrogen-bond acceptors (Lipinski definition) is 3. The SMILES string of the molecule is CCO/C=C1\N=CC(c2ccccc2)=C1C#N. The normalized spacial score (nSPS) is 16.4. The van der Waals surface area contributed by atoms with Gasteiger partial charge >= 0.3 is 0 Å². The van der Waals surface area contributed by atoms with Crippen LogP contribution in [0.5, 0.6) is 0 Å². The summed E-state index contributed by atoms with van der Waals surface area (Å²) in [6.45, 7) is 2.46. The van der Waals surface area contributed by atoms with E-state index < -0.39 is 0 Å². The van der Waals surface area contributed by atoms with Gasteiger partial charge in [0, 0.05) is 11.8 Å². The van der Waals surface area contributed by atoms with Gasteiger partial charge in [-0.1, -0.05) is 30.3 Å². The first-order valence-electron chi connectivity index (χ1n) is 5.42. The molecule has 1 aliphatic rings. The highest BCUT2D eigenvalue weighted by molar-refractivity contribution is 6.16. The van der Waals surface area contributed by atoms with Gasteiger partial charge in [0.05, 0.1) is 12.2 Å². The molecule has 0 atom stereocenters. The highest BCUT2D eigenvalue weighted by Gasteiger charge is 2.17. The minimum Gasteiger partial charge on any atom is -0.499 e. The zero-order valence-electron chi connectivity index (χ0n) is 9.55. The van der Waals surface area contributed by atoms with Gasteiger partial charge in [-0.2, -0.15) is 5.26 Å². The summed E-state index contributed by atoms with van der Waals surface area (Å²) in [7, 11) is 0. The highest BCUT2D eigenvalue weighted by Crippen LogP contribution is 2.28. The number of hydrogen-bond donors (Lipinski definition) is 0. The van der Waals surface area contributed by atoms with E-state index in [9.17, 15) is 5.26 Å². The average Bonchev–Trinajstić information content (AvgIpc) is 2.80. The molecular formula is C14H12N2O. The fourth-order valence-electron chi connectivity index (χ4n) is 1.61. The summed E-state index contributed by atoms with van der Waals surface area (Å²) in [5, 5.41) is 9.18. The van der Waals surface area contributed by atoms with Crippen LogP contribution in [0.4, 0.5) is 0 Å². The van der Waals surface area contributed by atoms with Crippen LogP contribution in [-0.4, -0.2) is 12.8 Å². The maximum Gasteiger partial charge on any atom is 0.116 e. The first kappa shape index (κ1) is 11.2. The molecule has 1 aromatic rings. The topological polar surface area (TPSA) is 45.4 Å². The highest BCUT2D eigenvalue weighted by atomic mass is 16.5. The summed E-state index contributed by atoms with van der Waals surface area (Å²) in [5.74, 6) is 0. The number of allylic oxidation sites excluding steroid dienone is 2. The van der Waals surface area contributed by atoms with E-state index in [0.717, 1.165) is 11.1 Å². The minimum atomic E-state index is 0.560. The van der Waals surface area contributed by atoms with E-state index in [2.05, 4.69) is 11.1 Å². The minimum absolute atomic E-state index is 0.560. The third-order valence-corrected chi connectivity index (χ3v) is 2.42. The molecule has 0 unspecified atom stereocenters. The quantitative estimate of drug-likeness (QED) is 0.741. The molecule has 3 nitrogen and oxygen atoms in total. The number of rotatable bonds is 3. The van der Waals surface area contributed by atoms with E-state index in [1.54, 1.807) is 6.21 Å². The van der Waals surface area contributed by atoms with Crippen LogP contribution in [0.25, 0.3) is 5.57 Å². The Bertz CT molecular complexity index is 533. The molecule has 0 spiro atoms. The lowest BCUT2D eigenvalue weighted by atomic mass is 10.0. The molecule has 0 saturated heterocycles. The summed E-state index contributed by atoms with van der Waals surface area (Å²) in [5.41, 5.74) is 2.99. The molecule has 3 heteroatoms. The van der Waals surface area contributed by atoms with Crippen LogP contribution in [0.15, 0.2) is 52.9 Å². The lowest BCUT2D eigenvalue weighted by Gasteiger charge is -2.00. The Morgan fingerprint density at radius 2 is 2.12 bits per heavy atom. The Balaban J connectivity index is 2.41. The van der Waals surface area contributed by atoms with Gasteiger partial charge < -0.3 is 4.74 Å². The summed E-state index contributed by atoms with van der Waals surface area (Å²) in [6.07, 6.45) is 3.24. The van der Waals surface area contributed by atoms with Crippen LogP contribution in [0.3, 0.4) is 0 Å². The van der Waals surface area contributed by atoms with Gasteiger partial charge in [0.1, 0.15) is 18.0 Å². The zero-order valence-corrected chi connectivity index (χ0v) is 9.55. The largest absolute Gasteiger partial charge is 0.499 e. The first-order chi connectivity index (χ1) is 8.36. The molecule has 0 aliphatic carbocycles. The smallest absolute Gasteiger partial charge is 0.116 e. The van der Waals surface area contributed by atoms with Crippen molar-refractivity contribution in [2.75, 3.05) is 6.61 Å². The van der Waals surface area contributed by atoms with E-state index in [-0.39, 0.29) is 0 Å². The van der Waals surface area contributed by atoms with Gasteiger partial charge in [-0.05, 0) is 12.5 Å². The van der Waals surface area contributed by atoms with Crippen LogP contribution in [-0.2, 0) is 4.74 Å². The van der Waals surface area contributed by atoms with E-state index in [4.69, 9.17) is 4.74 Å². The molecule has 1 heterocycles. The van der Waals surface area contributed by atoms with Crippen LogP contribution in [0.1, 0.15) is 12.5 Å². The molecule has 0 aromatic heterocycles. The molecule has 0 amide bonds.